The molecule has 1 saturated heterocycles. The number of urea groups is 1. The average Bonchev–Trinajstić information content (AvgIpc) is 3.23. The number of likely N-dealkylation sites (N-methyl/N-ethyl adjacent to an activating group) is 1. The Bertz CT molecular complexity index is 703. The summed E-state index contributed by atoms with van der Waals surface area (Å²) in [6.07, 6.45) is 0.622. The lowest BCUT2D eigenvalue weighted by molar-refractivity contribution is 0.0295. The summed E-state index contributed by atoms with van der Waals surface area (Å²) in [5.74, 6) is 0.326. The maximum absolute atomic E-state index is 12.3. The number of hydrogen-bond donors (Lipinski definition) is 0. The number of nitrogens with zero attached hydrogens (tertiary/aromatic N) is 4. The van der Waals surface area contributed by atoms with E-state index in [1.807, 2.05) is 6.92 Å². The Hall–Kier alpha value is -2.07. The molecule has 2 aromatic heterocycles. The van der Waals surface area contributed by atoms with Crippen LogP contribution in [0, 0.1) is 0 Å². The van der Waals surface area contributed by atoms with E-state index in [4.69, 9.17) is 9.15 Å². The molecule has 0 bridgehead atoms. The van der Waals surface area contributed by atoms with Gasteiger partial charge in [0.2, 0.25) is 17.1 Å². The van der Waals surface area contributed by atoms with Crippen molar-refractivity contribution in [3.63, 3.8) is 0 Å². The molecule has 2 amide bonds. The van der Waals surface area contributed by atoms with E-state index in [-0.39, 0.29) is 18.3 Å². The van der Waals surface area contributed by atoms with Gasteiger partial charge in [-0.15, -0.1) is 10.2 Å². The van der Waals surface area contributed by atoms with Crippen molar-refractivity contribution in [2.75, 3.05) is 24.2 Å². The lowest BCUT2D eigenvalue weighted by Gasteiger charge is -2.19. The van der Waals surface area contributed by atoms with Crippen molar-refractivity contribution in [1.29, 1.82) is 0 Å². The SMILES string of the molecule is CCSc1nnc(N2C(=O)N(C)CC2OC(=O)c2ccco2)s1. The molecule has 2 aromatic rings. The maximum atomic E-state index is 12.3. The van der Waals surface area contributed by atoms with E-state index in [1.165, 1.54) is 33.5 Å². The van der Waals surface area contributed by atoms with Crippen molar-refractivity contribution in [2.24, 2.45) is 0 Å². The van der Waals surface area contributed by atoms with Crippen molar-refractivity contribution in [1.82, 2.24) is 15.1 Å². The van der Waals surface area contributed by atoms with Crippen LogP contribution in [0.2, 0.25) is 0 Å². The highest BCUT2D eigenvalue weighted by atomic mass is 32.2. The fourth-order valence-corrected chi connectivity index (χ4v) is 3.83. The fourth-order valence-electron chi connectivity index (χ4n) is 2.05. The summed E-state index contributed by atoms with van der Waals surface area (Å²) in [5.41, 5.74) is 0. The van der Waals surface area contributed by atoms with Crippen LogP contribution in [-0.4, -0.2) is 52.7 Å². The highest BCUT2D eigenvalue weighted by molar-refractivity contribution is 8.01. The zero-order valence-electron chi connectivity index (χ0n) is 12.5. The van der Waals surface area contributed by atoms with Gasteiger partial charge in [-0.25, -0.2) is 14.5 Å². The van der Waals surface area contributed by atoms with Crippen molar-refractivity contribution in [3.05, 3.63) is 24.2 Å². The second-order valence-corrected chi connectivity index (χ2v) is 7.12. The molecule has 3 heterocycles. The minimum absolute atomic E-state index is 0.0893. The summed E-state index contributed by atoms with van der Waals surface area (Å²) in [6.45, 7) is 2.26. The van der Waals surface area contributed by atoms with Crippen LogP contribution in [0.1, 0.15) is 17.5 Å². The smallest absolute Gasteiger partial charge is 0.376 e. The van der Waals surface area contributed by atoms with Gasteiger partial charge in [0.15, 0.2) is 4.34 Å². The maximum Gasteiger partial charge on any atom is 0.376 e. The van der Waals surface area contributed by atoms with Crippen molar-refractivity contribution in [3.8, 4) is 0 Å². The molecule has 1 aliphatic rings. The van der Waals surface area contributed by atoms with Gasteiger partial charge in [0.25, 0.3) is 0 Å². The first-order chi connectivity index (χ1) is 11.1. The zero-order chi connectivity index (χ0) is 16.4. The van der Waals surface area contributed by atoms with Gasteiger partial charge in [0.1, 0.15) is 0 Å². The Kier molecular flexibility index (Phi) is 4.53. The van der Waals surface area contributed by atoms with Crippen LogP contribution in [0.25, 0.3) is 0 Å². The second kappa shape index (κ2) is 6.59. The van der Waals surface area contributed by atoms with E-state index in [1.54, 1.807) is 24.9 Å². The van der Waals surface area contributed by atoms with Crippen LogP contribution in [0.5, 0.6) is 0 Å². The Morgan fingerprint density at radius 1 is 1.57 bits per heavy atom. The Labute approximate surface area is 140 Å². The van der Waals surface area contributed by atoms with Gasteiger partial charge in [-0.3, -0.25) is 0 Å². The largest absolute Gasteiger partial charge is 0.457 e. The first kappa shape index (κ1) is 15.8. The zero-order valence-corrected chi connectivity index (χ0v) is 14.1. The molecule has 0 N–H and O–H groups in total. The molecule has 3 rings (SSSR count). The van der Waals surface area contributed by atoms with Gasteiger partial charge >= 0.3 is 12.0 Å². The van der Waals surface area contributed by atoms with Crippen LogP contribution in [0.15, 0.2) is 27.2 Å². The van der Waals surface area contributed by atoms with Gasteiger partial charge in [0, 0.05) is 7.05 Å². The van der Waals surface area contributed by atoms with E-state index >= 15 is 0 Å². The van der Waals surface area contributed by atoms with Crippen LogP contribution < -0.4 is 4.90 Å². The van der Waals surface area contributed by atoms with E-state index in [2.05, 4.69) is 10.2 Å². The molecule has 8 nitrogen and oxygen atoms in total. The summed E-state index contributed by atoms with van der Waals surface area (Å²) >= 11 is 2.83. The number of furan rings is 1. The molecule has 1 fully saturated rings. The Morgan fingerprint density at radius 3 is 3.09 bits per heavy atom. The van der Waals surface area contributed by atoms with Gasteiger partial charge in [-0.2, -0.15) is 0 Å². The van der Waals surface area contributed by atoms with Gasteiger partial charge in [-0.1, -0.05) is 30.0 Å². The summed E-state index contributed by atoms with van der Waals surface area (Å²) in [6, 6.07) is 2.82. The second-order valence-electron chi connectivity index (χ2n) is 4.65. The molecule has 0 aliphatic carbocycles. The first-order valence-corrected chi connectivity index (χ1v) is 8.65. The predicted molar refractivity (Wildman–Crippen MR) is 84.7 cm³/mol. The molecule has 10 heteroatoms. The summed E-state index contributed by atoms with van der Waals surface area (Å²) in [4.78, 5) is 27.2. The lowest BCUT2D eigenvalue weighted by atomic mass is 10.4. The standard InChI is InChI=1S/C13H14N4O4S2/c1-3-22-12-15-14-11(23-12)17-9(7-16(2)13(17)19)21-10(18)8-5-4-6-20-8/h4-6,9H,3,7H2,1-2H3. The number of carbonyl (C=O) groups is 2. The quantitative estimate of drug-likeness (QED) is 0.462. The first-order valence-electron chi connectivity index (χ1n) is 6.85. The van der Waals surface area contributed by atoms with E-state index in [9.17, 15) is 9.59 Å². The summed E-state index contributed by atoms with van der Waals surface area (Å²) < 4.78 is 11.2. The molecule has 0 aromatic carbocycles. The molecular formula is C13H14N4O4S2. The minimum Gasteiger partial charge on any atom is -0.457 e. The van der Waals surface area contributed by atoms with Crippen molar-refractivity contribution in [2.45, 2.75) is 17.5 Å². The lowest BCUT2D eigenvalue weighted by Crippen LogP contribution is -2.37. The molecule has 1 aliphatic heterocycles. The summed E-state index contributed by atoms with van der Waals surface area (Å²) in [5, 5.41) is 8.48. The number of aromatic nitrogens is 2. The van der Waals surface area contributed by atoms with Crippen LogP contribution in [0.4, 0.5) is 9.93 Å². The molecule has 1 unspecified atom stereocenters. The van der Waals surface area contributed by atoms with Gasteiger partial charge < -0.3 is 14.1 Å². The van der Waals surface area contributed by atoms with E-state index in [0.717, 1.165) is 10.1 Å². The Balaban J connectivity index is 1.80. The minimum atomic E-state index is -0.766. The number of rotatable bonds is 5. The molecule has 0 saturated carbocycles. The number of carbonyl (C=O) groups excluding carboxylic acids is 2. The van der Waals surface area contributed by atoms with Gasteiger partial charge in [0.05, 0.1) is 12.8 Å². The number of hydrogen-bond acceptors (Lipinski definition) is 8. The van der Waals surface area contributed by atoms with E-state index in [0.29, 0.717) is 5.13 Å². The predicted octanol–water partition coefficient (Wildman–Crippen LogP) is 2.30. The van der Waals surface area contributed by atoms with Gasteiger partial charge in [-0.05, 0) is 17.9 Å². The molecule has 0 spiro atoms. The molecule has 122 valence electrons. The normalized spacial score (nSPS) is 17.8. The van der Waals surface area contributed by atoms with E-state index < -0.39 is 12.2 Å². The van der Waals surface area contributed by atoms with Crippen molar-refractivity contribution < 1.29 is 18.7 Å². The number of anilines is 1. The third-order valence-electron chi connectivity index (χ3n) is 3.09. The monoisotopic (exact) mass is 354 g/mol. The van der Waals surface area contributed by atoms with Crippen molar-refractivity contribution >= 4 is 40.2 Å². The third kappa shape index (κ3) is 3.17. The highest BCUT2D eigenvalue weighted by Gasteiger charge is 2.41. The van der Waals surface area contributed by atoms with Crippen LogP contribution in [-0.2, 0) is 4.74 Å². The average molecular weight is 354 g/mol. The molecule has 1 atom stereocenters. The number of amides is 2. The van der Waals surface area contributed by atoms with Crippen LogP contribution >= 0.6 is 23.1 Å². The molecular weight excluding hydrogens is 340 g/mol. The fraction of sp³-hybridized carbons (Fsp3) is 0.385. The highest BCUT2D eigenvalue weighted by Crippen LogP contribution is 2.32. The number of thioether (sulfide) groups is 1. The Morgan fingerprint density at radius 2 is 2.39 bits per heavy atom. The molecule has 0 radical (unpaired) electrons. The number of esters is 1. The van der Waals surface area contributed by atoms with Crippen LogP contribution in [0.3, 0.4) is 0 Å². The molecule has 23 heavy (non-hydrogen) atoms. The topological polar surface area (TPSA) is 88.8 Å². The number of ether oxygens (including phenoxy) is 1. The third-order valence-corrected chi connectivity index (χ3v) is 5.02. The summed E-state index contributed by atoms with van der Waals surface area (Å²) in [7, 11) is 1.64.